The Labute approximate surface area is 80.5 Å². The number of alkyl halides is 2. The van der Waals surface area contributed by atoms with Crippen LogP contribution in [0.1, 0.15) is 21.7 Å². The largest absolute Gasteiger partial charge is 0.296 e. The Morgan fingerprint density at radius 1 is 1.33 bits per heavy atom. The predicted molar refractivity (Wildman–Crippen MR) is 48.7 cm³/mol. The molecule has 0 amide bonds. The van der Waals surface area contributed by atoms with Crippen LogP contribution in [-0.4, -0.2) is 11.3 Å². The number of hydrogen-bond acceptors (Lipinski definition) is 2. The van der Waals surface area contributed by atoms with Crippen molar-refractivity contribution >= 4 is 29.5 Å². The molecule has 0 saturated heterocycles. The topological polar surface area (TPSA) is 30.0 Å². The van der Waals surface area contributed by atoms with Crippen LogP contribution in [0.15, 0.2) is 12.1 Å². The van der Waals surface area contributed by atoms with E-state index in [1.807, 2.05) is 0 Å². The van der Waals surface area contributed by atoms with Gasteiger partial charge >= 0.3 is 0 Å². The molecule has 2 nitrogen and oxygen atoms in total. The highest BCUT2D eigenvalue weighted by atomic mass is 35.5. The van der Waals surface area contributed by atoms with Gasteiger partial charge in [0.2, 0.25) is 0 Å². The van der Waals surface area contributed by atoms with Crippen LogP contribution in [0.4, 0.5) is 0 Å². The first-order valence-corrected chi connectivity index (χ1v) is 4.44. The molecule has 0 aromatic carbocycles. The molecule has 0 aliphatic rings. The normalized spacial score (nSPS) is 9.83. The second-order valence-corrected chi connectivity index (χ2v) is 2.77. The van der Waals surface area contributed by atoms with E-state index in [4.69, 9.17) is 23.2 Å². The quantitative estimate of drug-likeness (QED) is 0.558. The highest BCUT2D eigenvalue weighted by Crippen LogP contribution is 2.10. The Kier molecular flexibility index (Phi) is 3.50. The summed E-state index contributed by atoms with van der Waals surface area (Å²) >= 11 is 11.1. The van der Waals surface area contributed by atoms with Gasteiger partial charge in [-0.25, -0.2) is 4.98 Å². The van der Waals surface area contributed by atoms with E-state index in [1.54, 1.807) is 12.1 Å². The number of rotatable bonds is 3. The summed E-state index contributed by atoms with van der Waals surface area (Å²) in [5, 5.41) is 0. The minimum Gasteiger partial charge on any atom is -0.296 e. The first-order chi connectivity index (χ1) is 5.81. The molecule has 0 unspecified atom stereocenters. The third-order valence-corrected chi connectivity index (χ3v) is 2.02. The van der Waals surface area contributed by atoms with Gasteiger partial charge < -0.3 is 0 Å². The van der Waals surface area contributed by atoms with Crippen LogP contribution in [-0.2, 0) is 11.8 Å². The number of hydrogen-bond donors (Lipinski definition) is 0. The third kappa shape index (κ3) is 1.96. The fourth-order valence-electron chi connectivity index (χ4n) is 0.835. The zero-order valence-electron chi connectivity index (χ0n) is 6.26. The van der Waals surface area contributed by atoms with Crippen molar-refractivity contribution in [3.05, 3.63) is 29.1 Å². The molecule has 12 heavy (non-hydrogen) atoms. The van der Waals surface area contributed by atoms with Crippen LogP contribution in [0.3, 0.4) is 0 Å². The monoisotopic (exact) mass is 203 g/mol. The molecule has 0 saturated carbocycles. The first kappa shape index (κ1) is 9.49. The molecule has 1 aromatic rings. The molecule has 4 heteroatoms. The molecule has 0 aliphatic carbocycles. The van der Waals surface area contributed by atoms with E-state index in [0.29, 0.717) is 29.4 Å². The van der Waals surface area contributed by atoms with E-state index in [-0.39, 0.29) is 0 Å². The summed E-state index contributed by atoms with van der Waals surface area (Å²) in [7, 11) is 0. The lowest BCUT2D eigenvalue weighted by molar-refractivity contribution is 0.111. The average molecular weight is 204 g/mol. The van der Waals surface area contributed by atoms with Crippen molar-refractivity contribution in [2.24, 2.45) is 0 Å². The number of aromatic nitrogens is 1. The fraction of sp³-hybridized carbons (Fsp3) is 0.250. The van der Waals surface area contributed by atoms with E-state index in [1.165, 1.54) is 0 Å². The minimum atomic E-state index is 0.295. The summed E-state index contributed by atoms with van der Waals surface area (Å²) in [5.74, 6) is 0.604. The Hall–Kier alpha value is -0.600. The maximum atomic E-state index is 10.5. The number of nitrogens with zero attached hydrogens (tertiary/aromatic N) is 1. The number of halogens is 2. The van der Waals surface area contributed by atoms with Gasteiger partial charge in [-0.15, -0.1) is 23.2 Å². The molecule has 0 bridgehead atoms. The van der Waals surface area contributed by atoms with Gasteiger partial charge in [0, 0.05) is 5.88 Å². The molecule has 0 atom stereocenters. The van der Waals surface area contributed by atoms with Gasteiger partial charge in [-0.2, -0.15) is 0 Å². The van der Waals surface area contributed by atoms with Crippen LogP contribution >= 0.6 is 23.2 Å². The molecule has 0 fully saturated rings. The minimum absolute atomic E-state index is 0.295. The van der Waals surface area contributed by atoms with Crippen LogP contribution in [0.5, 0.6) is 0 Å². The molecule has 0 aliphatic heterocycles. The Morgan fingerprint density at radius 2 is 2.08 bits per heavy atom. The highest BCUT2D eigenvalue weighted by molar-refractivity contribution is 6.17. The van der Waals surface area contributed by atoms with E-state index in [9.17, 15) is 4.79 Å². The summed E-state index contributed by atoms with van der Waals surface area (Å²) in [5.41, 5.74) is 1.80. The van der Waals surface area contributed by atoms with Gasteiger partial charge in [-0.3, -0.25) is 4.79 Å². The van der Waals surface area contributed by atoms with Crippen molar-refractivity contribution < 1.29 is 4.79 Å². The van der Waals surface area contributed by atoms with Crippen molar-refractivity contribution in [1.82, 2.24) is 4.98 Å². The number of pyridine rings is 1. The molecule has 0 spiro atoms. The molecule has 1 heterocycles. The van der Waals surface area contributed by atoms with E-state index >= 15 is 0 Å². The second kappa shape index (κ2) is 4.43. The van der Waals surface area contributed by atoms with E-state index in [2.05, 4.69) is 4.98 Å². The van der Waals surface area contributed by atoms with E-state index in [0.717, 1.165) is 5.56 Å². The summed E-state index contributed by atoms with van der Waals surface area (Å²) in [6, 6.07) is 3.53. The van der Waals surface area contributed by atoms with Crippen molar-refractivity contribution in [1.29, 1.82) is 0 Å². The summed E-state index contributed by atoms with van der Waals surface area (Å²) < 4.78 is 0. The third-order valence-electron chi connectivity index (χ3n) is 1.46. The van der Waals surface area contributed by atoms with Crippen molar-refractivity contribution in [3.63, 3.8) is 0 Å². The SMILES string of the molecule is O=Cc1nc(CCl)ccc1CCl. The van der Waals surface area contributed by atoms with E-state index < -0.39 is 0 Å². The van der Waals surface area contributed by atoms with Crippen LogP contribution in [0, 0.1) is 0 Å². The smallest absolute Gasteiger partial charge is 0.168 e. The summed E-state index contributed by atoms with van der Waals surface area (Å²) in [6.07, 6.45) is 0.688. The lowest BCUT2D eigenvalue weighted by atomic mass is 10.2. The van der Waals surface area contributed by atoms with Gasteiger partial charge in [-0.1, -0.05) is 6.07 Å². The molecule has 1 rings (SSSR count). The Balaban J connectivity index is 3.10. The van der Waals surface area contributed by atoms with Crippen LogP contribution in [0.2, 0.25) is 0 Å². The van der Waals surface area contributed by atoms with Crippen molar-refractivity contribution in [2.45, 2.75) is 11.8 Å². The standard InChI is InChI=1S/C8H7Cl2NO/c9-3-6-1-2-7(4-10)11-8(6)5-12/h1-2,5H,3-4H2. The molecular formula is C8H7Cl2NO. The Bertz CT molecular complexity index is 288. The van der Waals surface area contributed by atoms with Gasteiger partial charge in [0.05, 0.1) is 11.6 Å². The highest BCUT2D eigenvalue weighted by Gasteiger charge is 2.02. The lowest BCUT2D eigenvalue weighted by Gasteiger charge is -2.00. The van der Waals surface area contributed by atoms with Crippen molar-refractivity contribution in [3.8, 4) is 0 Å². The molecule has 1 aromatic heterocycles. The predicted octanol–water partition coefficient (Wildman–Crippen LogP) is 2.37. The van der Waals surface area contributed by atoms with Gasteiger partial charge in [0.15, 0.2) is 6.29 Å². The zero-order valence-corrected chi connectivity index (χ0v) is 7.77. The zero-order chi connectivity index (χ0) is 8.97. The van der Waals surface area contributed by atoms with Crippen LogP contribution < -0.4 is 0 Å². The second-order valence-electron chi connectivity index (χ2n) is 2.23. The van der Waals surface area contributed by atoms with Crippen molar-refractivity contribution in [2.75, 3.05) is 0 Å². The maximum Gasteiger partial charge on any atom is 0.168 e. The molecule has 0 radical (unpaired) electrons. The maximum absolute atomic E-state index is 10.5. The lowest BCUT2D eigenvalue weighted by Crippen LogP contribution is -1.97. The number of aldehydes is 1. The van der Waals surface area contributed by atoms with Gasteiger partial charge in [0.1, 0.15) is 5.69 Å². The number of carbonyl (C=O) groups is 1. The summed E-state index contributed by atoms with van der Waals surface area (Å²) in [6.45, 7) is 0. The van der Waals surface area contributed by atoms with Gasteiger partial charge in [-0.05, 0) is 11.6 Å². The average Bonchev–Trinajstić information content (AvgIpc) is 2.16. The molecule has 0 N–H and O–H groups in total. The Morgan fingerprint density at radius 3 is 2.58 bits per heavy atom. The fourth-order valence-corrected chi connectivity index (χ4v) is 1.21. The number of carbonyl (C=O) groups excluding carboxylic acids is 1. The van der Waals surface area contributed by atoms with Gasteiger partial charge in [0.25, 0.3) is 0 Å². The molecule has 64 valence electrons. The van der Waals surface area contributed by atoms with Crippen LogP contribution in [0.25, 0.3) is 0 Å². The molecular weight excluding hydrogens is 197 g/mol. The first-order valence-electron chi connectivity index (χ1n) is 3.37. The summed E-state index contributed by atoms with van der Waals surface area (Å²) in [4.78, 5) is 14.5.